The summed E-state index contributed by atoms with van der Waals surface area (Å²) in [4.78, 5) is 0.299. The fourth-order valence-electron chi connectivity index (χ4n) is 3.05. The van der Waals surface area contributed by atoms with Gasteiger partial charge in [0.2, 0.25) is 10.0 Å². The lowest BCUT2D eigenvalue weighted by atomic mass is 9.75. The van der Waals surface area contributed by atoms with Gasteiger partial charge in [-0.05, 0) is 48.8 Å². The zero-order valence-electron chi connectivity index (χ0n) is 12.8. The summed E-state index contributed by atoms with van der Waals surface area (Å²) in [5, 5.41) is 8.88. The van der Waals surface area contributed by atoms with E-state index in [0.29, 0.717) is 11.3 Å². The molecule has 2 N–H and O–H groups in total. The Morgan fingerprint density at radius 2 is 1.95 bits per heavy atom. The topological polar surface area (TPSA) is 66.4 Å². The summed E-state index contributed by atoms with van der Waals surface area (Å²) < 4.78 is 27.7. The molecule has 1 aliphatic carbocycles. The van der Waals surface area contributed by atoms with Crippen LogP contribution in [0.4, 0.5) is 0 Å². The Labute approximate surface area is 127 Å². The van der Waals surface area contributed by atoms with Gasteiger partial charge in [-0.3, -0.25) is 0 Å². The van der Waals surface area contributed by atoms with Crippen LogP contribution in [0.1, 0.15) is 45.1 Å². The number of aliphatic hydroxyl groups is 1. The molecule has 1 aliphatic rings. The highest BCUT2D eigenvalue weighted by Crippen LogP contribution is 2.35. The lowest BCUT2D eigenvalue weighted by molar-refractivity contribution is 0.212. The van der Waals surface area contributed by atoms with Gasteiger partial charge in [-0.1, -0.05) is 32.4 Å². The maximum absolute atomic E-state index is 12.4. The smallest absolute Gasteiger partial charge is 0.240 e. The monoisotopic (exact) mass is 311 g/mol. The number of nitrogens with one attached hydrogen (secondary N) is 1. The molecule has 2 rings (SSSR count). The first-order chi connectivity index (χ1) is 9.82. The van der Waals surface area contributed by atoms with Gasteiger partial charge in [0.1, 0.15) is 0 Å². The summed E-state index contributed by atoms with van der Waals surface area (Å²) in [5.74, 6) is 0. The quantitative estimate of drug-likeness (QED) is 0.878. The van der Waals surface area contributed by atoms with Crippen LogP contribution in [-0.4, -0.2) is 26.2 Å². The predicted octanol–water partition coefficient (Wildman–Crippen LogP) is 2.47. The minimum Gasteiger partial charge on any atom is -0.396 e. The Balaban J connectivity index is 2.07. The van der Waals surface area contributed by atoms with Crippen molar-refractivity contribution < 1.29 is 13.5 Å². The van der Waals surface area contributed by atoms with Crippen LogP contribution in [0.15, 0.2) is 29.2 Å². The Morgan fingerprint density at radius 3 is 2.52 bits per heavy atom. The van der Waals surface area contributed by atoms with Gasteiger partial charge in [0.05, 0.1) is 4.90 Å². The van der Waals surface area contributed by atoms with E-state index in [1.807, 2.05) is 0 Å². The highest BCUT2D eigenvalue weighted by atomic mass is 32.2. The molecule has 1 atom stereocenters. The molecule has 0 heterocycles. The zero-order chi connectivity index (χ0) is 15.5. The van der Waals surface area contributed by atoms with Crippen molar-refractivity contribution in [2.24, 2.45) is 5.41 Å². The van der Waals surface area contributed by atoms with Gasteiger partial charge < -0.3 is 5.11 Å². The normalized spacial score (nSPS) is 22.1. The third kappa shape index (κ3) is 4.53. The summed E-state index contributed by atoms with van der Waals surface area (Å²) in [6.07, 6.45) is 4.56. The van der Waals surface area contributed by atoms with E-state index >= 15 is 0 Å². The van der Waals surface area contributed by atoms with Crippen molar-refractivity contribution in [1.82, 2.24) is 4.72 Å². The van der Waals surface area contributed by atoms with Crippen LogP contribution in [0.5, 0.6) is 0 Å². The number of hydrogen-bond donors (Lipinski definition) is 2. The highest BCUT2D eigenvalue weighted by molar-refractivity contribution is 7.89. The first kappa shape index (κ1) is 16.5. The van der Waals surface area contributed by atoms with E-state index in [2.05, 4.69) is 18.6 Å². The summed E-state index contributed by atoms with van der Waals surface area (Å²) in [6, 6.07) is 6.77. The Morgan fingerprint density at radius 1 is 1.29 bits per heavy atom. The second-order valence-corrected chi connectivity index (χ2v) is 8.41. The first-order valence-electron chi connectivity index (χ1n) is 7.55. The number of aliphatic hydroxyl groups excluding tert-OH is 1. The largest absolute Gasteiger partial charge is 0.396 e. The molecule has 1 unspecified atom stereocenters. The molecule has 1 saturated carbocycles. The molecule has 0 bridgehead atoms. The second-order valence-electron chi connectivity index (χ2n) is 6.70. The lowest BCUT2D eigenvalue weighted by Crippen LogP contribution is -2.40. The fraction of sp³-hybridized carbons (Fsp3) is 0.625. The fourth-order valence-corrected chi connectivity index (χ4v) is 4.32. The van der Waals surface area contributed by atoms with Gasteiger partial charge in [0.25, 0.3) is 0 Å². The van der Waals surface area contributed by atoms with E-state index in [-0.39, 0.29) is 18.1 Å². The van der Waals surface area contributed by atoms with Crippen LogP contribution < -0.4 is 4.72 Å². The summed E-state index contributed by atoms with van der Waals surface area (Å²) in [5.41, 5.74) is 1.14. The number of rotatable bonds is 5. The van der Waals surface area contributed by atoms with Crippen molar-refractivity contribution in [2.45, 2.75) is 56.9 Å². The molecule has 1 fully saturated rings. The molecule has 5 heteroatoms. The minimum atomic E-state index is -3.45. The second kappa shape index (κ2) is 6.46. The zero-order valence-corrected chi connectivity index (χ0v) is 13.6. The predicted molar refractivity (Wildman–Crippen MR) is 83.6 cm³/mol. The average molecular weight is 311 g/mol. The standard InChI is InChI=1S/C16H25NO3S/c1-16(2)10-3-4-14(12-16)17-21(19,20)15-7-5-13(6-8-15)9-11-18/h5-8,14,17-18H,3-4,9-12H2,1-2H3. The van der Waals surface area contributed by atoms with Gasteiger partial charge >= 0.3 is 0 Å². The molecular formula is C16H25NO3S. The molecule has 1 aromatic rings. The van der Waals surface area contributed by atoms with Crippen LogP contribution >= 0.6 is 0 Å². The molecule has 1 aromatic carbocycles. The van der Waals surface area contributed by atoms with Crippen LogP contribution in [0.25, 0.3) is 0 Å². The number of sulfonamides is 1. The molecule has 0 aromatic heterocycles. The van der Waals surface area contributed by atoms with Crippen molar-refractivity contribution in [3.63, 3.8) is 0 Å². The molecule has 0 radical (unpaired) electrons. The average Bonchev–Trinajstić information content (AvgIpc) is 2.38. The molecule has 0 amide bonds. The third-order valence-electron chi connectivity index (χ3n) is 4.16. The molecule has 21 heavy (non-hydrogen) atoms. The Bertz CT molecular complexity index is 564. The molecule has 4 nitrogen and oxygen atoms in total. The molecule has 0 aliphatic heterocycles. The van der Waals surface area contributed by atoms with Crippen molar-refractivity contribution in [1.29, 1.82) is 0 Å². The van der Waals surface area contributed by atoms with Gasteiger partial charge in [-0.2, -0.15) is 0 Å². The van der Waals surface area contributed by atoms with Crippen molar-refractivity contribution in [3.05, 3.63) is 29.8 Å². The maximum Gasteiger partial charge on any atom is 0.240 e. The number of benzene rings is 1. The number of hydrogen-bond acceptors (Lipinski definition) is 3. The van der Waals surface area contributed by atoms with Gasteiger partial charge in [0, 0.05) is 12.6 Å². The van der Waals surface area contributed by atoms with E-state index in [4.69, 9.17) is 5.11 Å². The van der Waals surface area contributed by atoms with E-state index in [0.717, 1.165) is 31.2 Å². The van der Waals surface area contributed by atoms with E-state index in [1.165, 1.54) is 0 Å². The van der Waals surface area contributed by atoms with Crippen LogP contribution in [-0.2, 0) is 16.4 Å². The summed E-state index contributed by atoms with van der Waals surface area (Å²) in [6.45, 7) is 4.45. The van der Waals surface area contributed by atoms with Gasteiger partial charge in [-0.15, -0.1) is 0 Å². The minimum absolute atomic E-state index is 0.0240. The Hall–Kier alpha value is -0.910. The first-order valence-corrected chi connectivity index (χ1v) is 9.03. The van der Waals surface area contributed by atoms with Crippen molar-refractivity contribution in [2.75, 3.05) is 6.61 Å². The van der Waals surface area contributed by atoms with Gasteiger partial charge in [0.15, 0.2) is 0 Å². The van der Waals surface area contributed by atoms with Crippen LogP contribution in [0.2, 0.25) is 0 Å². The van der Waals surface area contributed by atoms with Crippen LogP contribution in [0, 0.1) is 5.41 Å². The molecular weight excluding hydrogens is 286 g/mol. The molecule has 118 valence electrons. The van der Waals surface area contributed by atoms with E-state index in [9.17, 15) is 8.42 Å². The SMILES string of the molecule is CC1(C)CCCC(NS(=O)(=O)c2ccc(CCO)cc2)C1. The van der Waals surface area contributed by atoms with Crippen molar-refractivity contribution in [3.8, 4) is 0 Å². The maximum atomic E-state index is 12.4. The van der Waals surface area contributed by atoms with Crippen molar-refractivity contribution >= 4 is 10.0 Å². The Kier molecular flexibility index (Phi) is 5.07. The molecule has 0 saturated heterocycles. The van der Waals surface area contributed by atoms with E-state index in [1.54, 1.807) is 24.3 Å². The van der Waals surface area contributed by atoms with Crippen LogP contribution in [0.3, 0.4) is 0 Å². The third-order valence-corrected chi connectivity index (χ3v) is 5.70. The van der Waals surface area contributed by atoms with Gasteiger partial charge in [-0.25, -0.2) is 13.1 Å². The molecule has 0 spiro atoms. The summed E-state index contributed by atoms with van der Waals surface area (Å²) >= 11 is 0. The summed E-state index contributed by atoms with van der Waals surface area (Å²) in [7, 11) is -3.45. The van der Waals surface area contributed by atoms with E-state index < -0.39 is 10.0 Å². The lowest BCUT2D eigenvalue weighted by Gasteiger charge is -2.35. The highest BCUT2D eigenvalue weighted by Gasteiger charge is 2.30.